The van der Waals surface area contributed by atoms with Crippen molar-refractivity contribution in [3.05, 3.63) is 17.9 Å². The predicted molar refractivity (Wildman–Crippen MR) is 32.7 cm³/mol. The van der Waals surface area contributed by atoms with Crippen LogP contribution in [0.15, 0.2) is 16.5 Å². The van der Waals surface area contributed by atoms with Crippen LogP contribution in [0.25, 0.3) is 0 Å². The van der Waals surface area contributed by atoms with Crippen LogP contribution in [0.4, 0.5) is 4.79 Å². The van der Waals surface area contributed by atoms with Crippen molar-refractivity contribution in [1.82, 2.24) is 0 Å². The first-order valence-corrected chi connectivity index (χ1v) is 2.68. The van der Waals surface area contributed by atoms with Crippen LogP contribution in [0.5, 0.6) is 5.95 Å². The van der Waals surface area contributed by atoms with Gasteiger partial charge in [-0.1, -0.05) is 0 Å². The largest absolute Gasteiger partial charge is 0.513 e. The molecule has 0 aliphatic rings. The normalized spacial score (nSPS) is 9.09. The Morgan fingerprint density at radius 1 is 1.64 bits per heavy atom. The van der Waals surface area contributed by atoms with Gasteiger partial charge in [0.2, 0.25) is 0 Å². The highest BCUT2D eigenvalue weighted by atomic mass is 16.7. The molecule has 0 saturated carbocycles. The van der Waals surface area contributed by atoms with Crippen molar-refractivity contribution in [3.8, 4) is 5.95 Å². The summed E-state index contributed by atoms with van der Waals surface area (Å²) < 4.78 is 8.66. The van der Waals surface area contributed by atoms with Crippen molar-refractivity contribution in [1.29, 1.82) is 0 Å². The van der Waals surface area contributed by atoms with Gasteiger partial charge in [-0.15, -0.1) is 0 Å². The Kier molecular flexibility index (Phi) is 1.91. The third-order valence-corrected chi connectivity index (χ3v) is 0.906. The number of hydrogen-bond donors (Lipinski definition) is 1. The van der Waals surface area contributed by atoms with Gasteiger partial charge in [0.15, 0.2) is 12.0 Å². The lowest BCUT2D eigenvalue weighted by atomic mass is 10.5. The Bertz CT molecular complexity index is 274. The molecule has 0 fully saturated rings. The number of rotatable bonds is 2. The van der Waals surface area contributed by atoms with E-state index in [0.29, 0.717) is 6.29 Å². The van der Waals surface area contributed by atoms with Crippen LogP contribution < -0.4 is 4.74 Å². The molecule has 1 rings (SSSR count). The molecule has 58 valence electrons. The molecule has 0 aliphatic carbocycles. The second-order valence-corrected chi connectivity index (χ2v) is 1.64. The zero-order chi connectivity index (χ0) is 8.27. The number of ether oxygens (including phenoxy) is 1. The standard InChI is InChI=1S/C6H4O5/c7-3-4-1-2-5(10-4)11-6(8)9/h1-3H,(H,8,9). The first-order chi connectivity index (χ1) is 5.22. The average molecular weight is 156 g/mol. The maximum Gasteiger partial charge on any atom is 0.513 e. The number of carboxylic acid groups (broad SMARTS) is 1. The van der Waals surface area contributed by atoms with Gasteiger partial charge >= 0.3 is 6.16 Å². The summed E-state index contributed by atoms with van der Waals surface area (Å²) in [5, 5.41) is 8.08. The van der Waals surface area contributed by atoms with Crippen LogP contribution in [0, 0.1) is 0 Å². The number of aldehydes is 1. The summed E-state index contributed by atoms with van der Waals surface area (Å²) in [6.45, 7) is 0. The van der Waals surface area contributed by atoms with Crippen LogP contribution in [0.1, 0.15) is 10.6 Å². The molecule has 0 aromatic carbocycles. The maximum atomic E-state index is 10.0. The van der Waals surface area contributed by atoms with Gasteiger partial charge in [0.05, 0.1) is 0 Å². The van der Waals surface area contributed by atoms with Crippen LogP contribution >= 0.6 is 0 Å². The zero-order valence-corrected chi connectivity index (χ0v) is 5.31. The van der Waals surface area contributed by atoms with Crippen molar-refractivity contribution in [3.63, 3.8) is 0 Å². The molecular weight excluding hydrogens is 152 g/mol. The Hall–Kier alpha value is -1.78. The van der Waals surface area contributed by atoms with E-state index in [1.54, 1.807) is 0 Å². The van der Waals surface area contributed by atoms with E-state index < -0.39 is 6.16 Å². The van der Waals surface area contributed by atoms with Gasteiger partial charge < -0.3 is 14.3 Å². The van der Waals surface area contributed by atoms with E-state index in [2.05, 4.69) is 9.15 Å². The highest BCUT2D eigenvalue weighted by molar-refractivity contribution is 5.71. The maximum absolute atomic E-state index is 10.0. The smallest absolute Gasteiger partial charge is 0.449 e. The fraction of sp³-hybridized carbons (Fsp3) is 0. The van der Waals surface area contributed by atoms with Crippen LogP contribution in [0.3, 0.4) is 0 Å². The Balaban J connectivity index is 2.72. The molecule has 0 bridgehead atoms. The second kappa shape index (κ2) is 2.87. The van der Waals surface area contributed by atoms with E-state index in [1.165, 1.54) is 12.1 Å². The average Bonchev–Trinajstić information content (AvgIpc) is 2.34. The molecule has 0 atom stereocenters. The van der Waals surface area contributed by atoms with Crippen LogP contribution in [-0.4, -0.2) is 17.5 Å². The molecule has 0 amide bonds. The molecule has 1 aromatic heterocycles. The van der Waals surface area contributed by atoms with Gasteiger partial charge in [0, 0.05) is 6.07 Å². The number of furan rings is 1. The Morgan fingerprint density at radius 3 is 2.82 bits per heavy atom. The third-order valence-electron chi connectivity index (χ3n) is 0.906. The van der Waals surface area contributed by atoms with E-state index in [-0.39, 0.29) is 11.7 Å². The topological polar surface area (TPSA) is 76.7 Å². The molecule has 0 unspecified atom stereocenters. The lowest BCUT2D eigenvalue weighted by molar-refractivity contribution is 0.108. The molecule has 1 N–H and O–H groups in total. The molecule has 1 heterocycles. The van der Waals surface area contributed by atoms with Crippen molar-refractivity contribution >= 4 is 12.4 Å². The van der Waals surface area contributed by atoms with E-state index in [4.69, 9.17) is 5.11 Å². The highest BCUT2D eigenvalue weighted by Crippen LogP contribution is 2.13. The summed E-state index contributed by atoms with van der Waals surface area (Å²) in [7, 11) is 0. The van der Waals surface area contributed by atoms with E-state index in [9.17, 15) is 9.59 Å². The zero-order valence-electron chi connectivity index (χ0n) is 5.31. The number of carbonyl (C=O) groups excluding carboxylic acids is 1. The van der Waals surface area contributed by atoms with Gasteiger partial charge in [0.1, 0.15) is 0 Å². The predicted octanol–water partition coefficient (Wildman–Crippen LogP) is 1.15. The Morgan fingerprint density at radius 2 is 2.36 bits per heavy atom. The summed E-state index contributed by atoms with van der Waals surface area (Å²) in [6.07, 6.45) is -1.02. The SMILES string of the molecule is O=Cc1ccc(OC(=O)O)o1. The van der Waals surface area contributed by atoms with E-state index in [1.807, 2.05) is 0 Å². The number of hydrogen-bond acceptors (Lipinski definition) is 4. The fourth-order valence-electron chi connectivity index (χ4n) is 0.539. The quantitative estimate of drug-likeness (QED) is 0.513. The molecule has 0 radical (unpaired) electrons. The molecule has 11 heavy (non-hydrogen) atoms. The summed E-state index contributed by atoms with van der Waals surface area (Å²) in [4.78, 5) is 19.9. The minimum atomic E-state index is -1.48. The summed E-state index contributed by atoms with van der Waals surface area (Å²) in [5.41, 5.74) is 0. The molecule has 1 aromatic rings. The lowest BCUT2D eigenvalue weighted by Gasteiger charge is -1.90. The molecular formula is C6H4O5. The van der Waals surface area contributed by atoms with Gasteiger partial charge in [-0.3, -0.25) is 4.79 Å². The molecule has 0 saturated heterocycles. The van der Waals surface area contributed by atoms with Gasteiger partial charge in [0.25, 0.3) is 5.95 Å². The highest BCUT2D eigenvalue weighted by Gasteiger charge is 2.05. The van der Waals surface area contributed by atoms with Crippen molar-refractivity contribution in [2.24, 2.45) is 0 Å². The summed E-state index contributed by atoms with van der Waals surface area (Å²) in [6, 6.07) is 2.56. The van der Waals surface area contributed by atoms with E-state index in [0.717, 1.165) is 0 Å². The first kappa shape index (κ1) is 7.33. The minimum absolute atomic E-state index is 0.0289. The summed E-state index contributed by atoms with van der Waals surface area (Å²) >= 11 is 0. The molecule has 0 aliphatic heterocycles. The van der Waals surface area contributed by atoms with Gasteiger partial charge in [-0.2, -0.15) is 0 Å². The van der Waals surface area contributed by atoms with Gasteiger partial charge in [-0.05, 0) is 6.07 Å². The van der Waals surface area contributed by atoms with Crippen molar-refractivity contribution in [2.75, 3.05) is 0 Å². The molecule has 5 heteroatoms. The minimum Gasteiger partial charge on any atom is -0.449 e. The van der Waals surface area contributed by atoms with E-state index >= 15 is 0 Å². The third kappa shape index (κ3) is 1.82. The van der Waals surface area contributed by atoms with Crippen LogP contribution in [-0.2, 0) is 0 Å². The van der Waals surface area contributed by atoms with Crippen molar-refractivity contribution < 1.29 is 23.8 Å². The summed E-state index contributed by atoms with van der Waals surface area (Å²) in [5.74, 6) is -0.180. The first-order valence-electron chi connectivity index (χ1n) is 2.68. The Labute approximate surface area is 61.2 Å². The fourth-order valence-corrected chi connectivity index (χ4v) is 0.539. The monoisotopic (exact) mass is 156 g/mol. The lowest BCUT2D eigenvalue weighted by Crippen LogP contribution is -2.01. The molecule has 5 nitrogen and oxygen atoms in total. The molecule has 0 spiro atoms. The number of carbonyl (C=O) groups is 2. The second-order valence-electron chi connectivity index (χ2n) is 1.64. The van der Waals surface area contributed by atoms with Crippen LogP contribution in [0.2, 0.25) is 0 Å². The van der Waals surface area contributed by atoms with Crippen molar-refractivity contribution in [2.45, 2.75) is 0 Å². The van der Waals surface area contributed by atoms with Gasteiger partial charge in [-0.25, -0.2) is 4.79 Å².